The fourth-order valence-corrected chi connectivity index (χ4v) is 3.35. The molecule has 1 aromatic carbocycles. The number of ether oxygens (including phenoxy) is 1. The minimum Gasteiger partial charge on any atom is -0.484 e. The number of nitrogens with zero attached hydrogens (tertiary/aromatic N) is 2. The maximum Gasteiger partial charge on any atom is 0.310 e. The maximum atomic E-state index is 11.0. The topological polar surface area (TPSA) is 96.1 Å². The molecule has 0 bridgehead atoms. The quantitative estimate of drug-likeness (QED) is 0.556. The molecular weight excluding hydrogens is 312 g/mol. The van der Waals surface area contributed by atoms with Crippen molar-refractivity contribution in [3.05, 3.63) is 34.4 Å². The third kappa shape index (κ3) is 4.43. The van der Waals surface area contributed by atoms with Gasteiger partial charge in [-0.2, -0.15) is 0 Å². The minimum absolute atomic E-state index is 0.0310. The van der Waals surface area contributed by atoms with E-state index in [1.54, 1.807) is 12.1 Å². The third-order valence-corrected chi connectivity index (χ3v) is 4.87. The van der Waals surface area contributed by atoms with Crippen LogP contribution in [0.4, 0.5) is 5.69 Å². The molecule has 134 valence electrons. The van der Waals surface area contributed by atoms with Crippen LogP contribution in [0, 0.1) is 10.1 Å². The molecule has 1 aromatic rings. The molecule has 0 heterocycles. The van der Waals surface area contributed by atoms with Crippen molar-refractivity contribution in [1.82, 2.24) is 4.90 Å². The second-order valence-electron chi connectivity index (χ2n) is 6.51. The van der Waals surface area contributed by atoms with Crippen molar-refractivity contribution < 1.29 is 19.9 Å². The number of hydrogen-bond acceptors (Lipinski definition) is 6. The summed E-state index contributed by atoms with van der Waals surface area (Å²) in [5.41, 5.74) is -0.394. The number of hydrogen-bond donors (Lipinski definition) is 2. The number of para-hydroxylation sites is 2. The highest BCUT2D eigenvalue weighted by Gasteiger charge is 2.36. The number of aliphatic hydroxyl groups excluding tert-OH is 2. The van der Waals surface area contributed by atoms with Gasteiger partial charge in [0.05, 0.1) is 11.5 Å². The van der Waals surface area contributed by atoms with Crippen LogP contribution in [0.1, 0.15) is 32.1 Å². The molecule has 2 rings (SSSR count). The highest BCUT2D eigenvalue weighted by atomic mass is 16.6. The number of rotatable bonds is 8. The number of β-amino-alcohol motifs (C(OH)–C–C–N with tert-alkyl or cyclic N) is 1. The Morgan fingerprint density at radius 2 is 2.00 bits per heavy atom. The summed E-state index contributed by atoms with van der Waals surface area (Å²) in [6.07, 6.45) is 4.37. The van der Waals surface area contributed by atoms with Crippen molar-refractivity contribution in [2.75, 3.05) is 26.8 Å². The van der Waals surface area contributed by atoms with Crippen LogP contribution in [-0.2, 0) is 0 Å². The van der Waals surface area contributed by atoms with E-state index in [1.807, 2.05) is 11.9 Å². The van der Waals surface area contributed by atoms with Gasteiger partial charge < -0.3 is 14.9 Å². The molecule has 1 unspecified atom stereocenters. The van der Waals surface area contributed by atoms with Crippen LogP contribution in [0.5, 0.6) is 5.75 Å². The van der Waals surface area contributed by atoms with E-state index in [0.29, 0.717) is 6.54 Å². The predicted molar refractivity (Wildman–Crippen MR) is 90.1 cm³/mol. The lowest BCUT2D eigenvalue weighted by Crippen LogP contribution is -2.53. The molecule has 0 saturated heterocycles. The number of benzene rings is 1. The van der Waals surface area contributed by atoms with Crippen molar-refractivity contribution >= 4 is 5.69 Å². The number of nitro benzene ring substituents is 1. The van der Waals surface area contributed by atoms with Crippen molar-refractivity contribution in [3.63, 3.8) is 0 Å². The van der Waals surface area contributed by atoms with Crippen molar-refractivity contribution in [2.24, 2.45) is 0 Å². The smallest absolute Gasteiger partial charge is 0.310 e. The number of nitro groups is 1. The molecular formula is C17H26N2O5. The van der Waals surface area contributed by atoms with Crippen LogP contribution in [-0.4, -0.2) is 58.5 Å². The van der Waals surface area contributed by atoms with Crippen LogP contribution < -0.4 is 4.74 Å². The Bertz CT molecular complexity index is 546. The molecule has 0 aliphatic heterocycles. The third-order valence-electron chi connectivity index (χ3n) is 4.87. The SMILES string of the molecule is CN(CC(O)COc1ccccc1[N+](=O)[O-])C1(CO)CCCCC1. The largest absolute Gasteiger partial charge is 0.484 e. The molecule has 1 aliphatic rings. The molecule has 1 fully saturated rings. The van der Waals surface area contributed by atoms with Gasteiger partial charge in [0.2, 0.25) is 0 Å². The Kier molecular flexibility index (Phi) is 6.53. The lowest BCUT2D eigenvalue weighted by Gasteiger charge is -2.44. The standard InChI is InChI=1S/C17H26N2O5/c1-18(17(13-20)9-5-2-6-10-17)11-14(21)12-24-16-8-4-3-7-15(16)19(22)23/h3-4,7-8,14,20-21H,2,5-6,9-13H2,1H3. The van der Waals surface area contributed by atoms with Crippen molar-refractivity contribution in [2.45, 2.75) is 43.7 Å². The van der Waals surface area contributed by atoms with Crippen LogP contribution in [0.3, 0.4) is 0 Å². The lowest BCUT2D eigenvalue weighted by molar-refractivity contribution is -0.385. The maximum absolute atomic E-state index is 11.0. The molecule has 1 atom stereocenters. The molecule has 24 heavy (non-hydrogen) atoms. The first-order chi connectivity index (χ1) is 11.5. The normalized spacial score (nSPS) is 18.3. The summed E-state index contributed by atoms with van der Waals surface area (Å²) in [6.45, 7) is 0.388. The van der Waals surface area contributed by atoms with Crippen molar-refractivity contribution in [1.29, 1.82) is 0 Å². The first-order valence-corrected chi connectivity index (χ1v) is 8.35. The van der Waals surface area contributed by atoms with E-state index in [-0.39, 0.29) is 30.2 Å². The summed E-state index contributed by atoms with van der Waals surface area (Å²) >= 11 is 0. The van der Waals surface area contributed by atoms with Gasteiger partial charge in [-0.3, -0.25) is 15.0 Å². The van der Waals surface area contributed by atoms with E-state index in [4.69, 9.17) is 4.74 Å². The number of likely N-dealkylation sites (N-methyl/N-ethyl adjacent to an activating group) is 1. The first kappa shape index (κ1) is 18.6. The van der Waals surface area contributed by atoms with Gasteiger partial charge in [-0.25, -0.2) is 0 Å². The van der Waals surface area contributed by atoms with E-state index in [2.05, 4.69) is 0 Å². The Morgan fingerprint density at radius 1 is 1.33 bits per heavy atom. The van der Waals surface area contributed by atoms with Crippen LogP contribution in [0.15, 0.2) is 24.3 Å². The molecule has 7 nitrogen and oxygen atoms in total. The van der Waals surface area contributed by atoms with Gasteiger partial charge in [0, 0.05) is 18.2 Å². The van der Waals surface area contributed by atoms with E-state index in [1.165, 1.54) is 18.6 Å². The summed E-state index contributed by atoms with van der Waals surface area (Å²) < 4.78 is 5.43. The lowest BCUT2D eigenvalue weighted by atomic mass is 9.81. The van der Waals surface area contributed by atoms with Gasteiger partial charge >= 0.3 is 5.69 Å². The highest BCUT2D eigenvalue weighted by molar-refractivity contribution is 5.45. The van der Waals surface area contributed by atoms with E-state index < -0.39 is 11.0 Å². The molecule has 0 amide bonds. The van der Waals surface area contributed by atoms with E-state index in [9.17, 15) is 20.3 Å². The molecule has 1 saturated carbocycles. The van der Waals surface area contributed by atoms with Gasteiger partial charge in [0.15, 0.2) is 5.75 Å². The summed E-state index contributed by atoms with van der Waals surface area (Å²) in [5, 5.41) is 31.0. The zero-order valence-corrected chi connectivity index (χ0v) is 14.1. The van der Waals surface area contributed by atoms with Gasteiger partial charge in [0.1, 0.15) is 12.7 Å². The highest BCUT2D eigenvalue weighted by Crippen LogP contribution is 2.32. The van der Waals surface area contributed by atoms with Crippen LogP contribution in [0.2, 0.25) is 0 Å². The van der Waals surface area contributed by atoms with Gasteiger partial charge in [-0.1, -0.05) is 31.4 Å². The summed E-state index contributed by atoms with van der Waals surface area (Å²) in [6, 6.07) is 6.12. The molecule has 2 N–H and O–H groups in total. The van der Waals surface area contributed by atoms with Crippen molar-refractivity contribution in [3.8, 4) is 5.75 Å². The molecule has 0 radical (unpaired) electrons. The fourth-order valence-electron chi connectivity index (χ4n) is 3.35. The zero-order valence-electron chi connectivity index (χ0n) is 14.1. The van der Waals surface area contributed by atoms with E-state index >= 15 is 0 Å². The Labute approximate surface area is 142 Å². The van der Waals surface area contributed by atoms with Gasteiger partial charge in [-0.15, -0.1) is 0 Å². The van der Waals surface area contributed by atoms with Crippen LogP contribution in [0.25, 0.3) is 0 Å². The summed E-state index contributed by atoms with van der Waals surface area (Å²) in [7, 11) is 1.90. The number of aliphatic hydroxyl groups is 2. The predicted octanol–water partition coefficient (Wildman–Crippen LogP) is 1.96. The Morgan fingerprint density at radius 3 is 2.62 bits per heavy atom. The summed E-state index contributed by atoms with van der Waals surface area (Å²) in [5.74, 6) is 0.152. The monoisotopic (exact) mass is 338 g/mol. The second kappa shape index (κ2) is 8.41. The zero-order chi connectivity index (χ0) is 17.6. The average Bonchev–Trinajstić information content (AvgIpc) is 2.60. The first-order valence-electron chi connectivity index (χ1n) is 8.35. The molecule has 0 aromatic heterocycles. The molecule has 7 heteroatoms. The minimum atomic E-state index is -0.792. The molecule has 1 aliphatic carbocycles. The van der Waals surface area contributed by atoms with Gasteiger partial charge in [-0.05, 0) is 26.0 Å². The second-order valence-corrected chi connectivity index (χ2v) is 6.51. The Balaban J connectivity index is 1.91. The fraction of sp³-hybridized carbons (Fsp3) is 0.647. The van der Waals surface area contributed by atoms with Gasteiger partial charge in [0.25, 0.3) is 0 Å². The molecule has 0 spiro atoms. The summed E-state index contributed by atoms with van der Waals surface area (Å²) in [4.78, 5) is 12.5. The van der Waals surface area contributed by atoms with Crippen LogP contribution >= 0.6 is 0 Å². The van der Waals surface area contributed by atoms with E-state index in [0.717, 1.165) is 25.7 Å². The Hall–Kier alpha value is -1.70. The average molecular weight is 338 g/mol.